The van der Waals surface area contributed by atoms with Gasteiger partial charge in [0.05, 0.1) is 22.4 Å². The molecule has 0 fully saturated rings. The summed E-state index contributed by atoms with van der Waals surface area (Å²) in [7, 11) is 0. The molecule has 10 aromatic rings. The van der Waals surface area contributed by atoms with Crippen molar-refractivity contribution < 1.29 is 28.9 Å². The fourth-order valence-electron chi connectivity index (χ4n) is 8.09. The van der Waals surface area contributed by atoms with Gasteiger partial charge < -0.3 is 14.0 Å². The van der Waals surface area contributed by atoms with E-state index >= 15 is 0 Å². The second-order valence-corrected chi connectivity index (χ2v) is 16.3. The fourth-order valence-corrected chi connectivity index (χ4v) is 8.09. The molecule has 0 atom stereocenters. The van der Waals surface area contributed by atoms with Crippen molar-refractivity contribution in [1.29, 1.82) is 0 Å². The molecule has 0 spiro atoms. The average Bonchev–Trinajstić information content (AvgIpc) is 3.86. The molecule has 10 rings (SSSR count). The van der Waals surface area contributed by atoms with Gasteiger partial charge in [-0.05, 0) is 101 Å². The van der Waals surface area contributed by atoms with Crippen molar-refractivity contribution in [3.63, 3.8) is 0 Å². The van der Waals surface area contributed by atoms with Crippen LogP contribution in [0, 0.1) is 31.8 Å². The van der Waals surface area contributed by atoms with Gasteiger partial charge in [0.25, 0.3) is 0 Å². The molecule has 0 N–H and O–H groups in total. The zero-order chi connectivity index (χ0) is 42.2. The maximum absolute atomic E-state index is 12.7. The summed E-state index contributed by atoms with van der Waals surface area (Å²) < 4.78 is 21.8. The number of furan rings is 1. The van der Waals surface area contributed by atoms with E-state index in [1.165, 1.54) is 51.2 Å². The van der Waals surface area contributed by atoms with E-state index in [0.29, 0.717) is 0 Å². The van der Waals surface area contributed by atoms with Gasteiger partial charge >= 0.3 is 0 Å². The summed E-state index contributed by atoms with van der Waals surface area (Å²) in [5, 5.41) is 2.15. The smallest absolute Gasteiger partial charge is 0.121 e. The molecule has 0 saturated carbocycles. The van der Waals surface area contributed by atoms with Crippen molar-refractivity contribution in [2.45, 2.75) is 53.4 Å². The van der Waals surface area contributed by atoms with Gasteiger partial charge in [-0.2, -0.15) is 0 Å². The first-order valence-electron chi connectivity index (χ1n) is 20.9. The minimum Gasteiger partial charge on any atom is -0.501 e. The Balaban J connectivity index is 0.000000280. The zero-order valence-electron chi connectivity index (χ0n) is 35.6. The van der Waals surface area contributed by atoms with Gasteiger partial charge in [-0.25, -0.2) is 0 Å². The number of hydrogen-bond acceptors (Lipinski definition) is 3. The maximum Gasteiger partial charge on any atom is 0.121 e. The third kappa shape index (κ3) is 8.16. The monoisotopic (exact) mass is 988 g/mol. The molecule has 3 heterocycles. The van der Waals surface area contributed by atoms with Crippen LogP contribution in [0.3, 0.4) is 0 Å². The number of nitrogens with zero attached hydrogens (tertiary/aromatic N) is 3. The van der Waals surface area contributed by atoms with E-state index in [-0.39, 0.29) is 37.8 Å². The quantitative estimate of drug-likeness (QED) is 0.149. The Bertz CT molecular complexity index is 3140. The minimum atomic E-state index is -0.275. The van der Waals surface area contributed by atoms with Crippen LogP contribution in [-0.4, -0.2) is 14.5 Å². The Morgan fingerprint density at radius 3 is 1.94 bits per heavy atom. The van der Waals surface area contributed by atoms with Crippen molar-refractivity contribution in [3.8, 4) is 50.6 Å². The van der Waals surface area contributed by atoms with Crippen LogP contribution in [0.2, 0.25) is 0 Å². The number of rotatable bonds is 7. The topological polar surface area (TPSA) is 43.9 Å². The average molecular weight is 988 g/mol. The second kappa shape index (κ2) is 17.9. The molecule has 4 nitrogen and oxygen atoms in total. The summed E-state index contributed by atoms with van der Waals surface area (Å²) in [6.45, 7) is 13.2. The van der Waals surface area contributed by atoms with Crippen molar-refractivity contribution in [3.05, 3.63) is 198 Å². The van der Waals surface area contributed by atoms with E-state index in [0.717, 1.165) is 66.7 Å². The van der Waals surface area contributed by atoms with Crippen LogP contribution in [0.5, 0.6) is 0 Å². The van der Waals surface area contributed by atoms with Gasteiger partial charge in [0.1, 0.15) is 5.58 Å². The molecular weight excluding hydrogens is 942 g/mol. The Morgan fingerprint density at radius 2 is 1.29 bits per heavy atom. The number of hydrogen-bond donors (Lipinski definition) is 0. The van der Waals surface area contributed by atoms with Crippen molar-refractivity contribution in [2.24, 2.45) is 0 Å². The van der Waals surface area contributed by atoms with Gasteiger partial charge in [0, 0.05) is 43.2 Å². The molecule has 0 saturated heterocycles. The normalized spacial score (nSPS) is 11.3. The summed E-state index contributed by atoms with van der Waals surface area (Å²) in [4.78, 5) is 9.58. The third-order valence-corrected chi connectivity index (χ3v) is 11.5. The first-order chi connectivity index (χ1) is 29.6. The van der Waals surface area contributed by atoms with E-state index in [4.69, 9.17) is 9.40 Å². The number of halogens is 1. The summed E-state index contributed by atoms with van der Waals surface area (Å²) in [5.41, 5.74) is 17.1. The van der Waals surface area contributed by atoms with Gasteiger partial charge in [-0.15, -0.1) is 48.0 Å². The number of imidazole rings is 1. The molecule has 6 heteroatoms. The predicted molar refractivity (Wildman–Crippen MR) is 250 cm³/mol. The van der Waals surface area contributed by atoms with Crippen LogP contribution in [0.4, 0.5) is 4.39 Å². The van der Waals surface area contributed by atoms with Crippen LogP contribution in [0.1, 0.15) is 61.8 Å². The molecule has 7 aromatic carbocycles. The molecule has 62 heavy (non-hydrogen) atoms. The minimum absolute atomic E-state index is 0. The first kappa shape index (κ1) is 42.2. The summed E-state index contributed by atoms with van der Waals surface area (Å²) in [6.07, 6.45) is 1.82. The zero-order valence-corrected chi connectivity index (χ0v) is 38.0. The summed E-state index contributed by atoms with van der Waals surface area (Å²) in [6, 6.07) is 57.8. The summed E-state index contributed by atoms with van der Waals surface area (Å²) >= 11 is 0. The molecule has 0 aliphatic rings. The number of aromatic nitrogens is 3. The Hall–Kier alpha value is -6.46. The Kier molecular flexibility index (Phi) is 12.2. The molecule has 309 valence electrons. The number of para-hydroxylation sites is 2. The van der Waals surface area contributed by atoms with Gasteiger partial charge in [-0.1, -0.05) is 135 Å². The Morgan fingerprint density at radius 1 is 0.629 bits per heavy atom. The number of aryl methyl sites for hydroxylation is 2. The van der Waals surface area contributed by atoms with Gasteiger partial charge in [0.15, 0.2) is 0 Å². The maximum atomic E-state index is 12.7. The molecule has 3 aromatic heterocycles. The Labute approximate surface area is 376 Å². The number of fused-ring (bicyclic) bond motifs is 4. The molecular formula is C56H46FIrN3O-2. The fraction of sp³-hybridized carbons (Fsp3) is 0.143. The van der Waals surface area contributed by atoms with Crippen molar-refractivity contribution in [2.75, 3.05) is 0 Å². The largest absolute Gasteiger partial charge is 0.501 e. The molecule has 0 bridgehead atoms. The van der Waals surface area contributed by atoms with E-state index in [9.17, 15) is 4.39 Å². The standard InChI is InChI=1S/C43H35N2O.C13H11FN.Ir/c1-27(2)36-24-32(30-16-9-6-10-17-30)25-37(28(3)4)41(36)45-39-21-12-11-20-38(39)44-43(45)35-19-13-18-34-33-23-22-31(26-40(33)46-42(34)35)29-14-7-5-8-15-29;1-9-7-13(15-8-10(9)2)11-3-5-12(14)6-4-11;/h5-18,20-28H,1-4H3;3,5-8H,1-2H3;/q2*-1;. The van der Waals surface area contributed by atoms with Crippen LogP contribution in [-0.2, 0) is 20.1 Å². The number of benzene rings is 7. The molecule has 0 unspecified atom stereocenters. The summed E-state index contributed by atoms with van der Waals surface area (Å²) in [5.74, 6) is 1.13. The van der Waals surface area contributed by atoms with Crippen molar-refractivity contribution >= 4 is 33.0 Å². The van der Waals surface area contributed by atoms with Gasteiger partial charge in [-0.3, -0.25) is 9.37 Å². The van der Waals surface area contributed by atoms with Crippen LogP contribution < -0.4 is 0 Å². The van der Waals surface area contributed by atoms with Crippen LogP contribution in [0.15, 0.2) is 162 Å². The predicted octanol–water partition coefficient (Wildman–Crippen LogP) is 15.3. The van der Waals surface area contributed by atoms with E-state index in [1.54, 1.807) is 6.07 Å². The molecule has 0 amide bonds. The van der Waals surface area contributed by atoms with Crippen LogP contribution >= 0.6 is 0 Å². The van der Waals surface area contributed by atoms with Crippen molar-refractivity contribution in [1.82, 2.24) is 14.5 Å². The third-order valence-electron chi connectivity index (χ3n) is 11.5. The molecule has 0 aliphatic heterocycles. The van der Waals surface area contributed by atoms with Gasteiger partial charge in [0.2, 0.25) is 0 Å². The van der Waals surface area contributed by atoms with E-state index in [1.807, 2.05) is 38.2 Å². The SMILES string of the molecule is CC(C)c1cc(-c2ccccc2)cc(C(C)C)c1-n1c(-c2[c-]ccc3c2oc2cc(-c4ccccc4)ccc23)nc2ccccc21.Cc1cnc(-c2[c-]cc(F)cc2)cc1C.[Ir]. The second-order valence-electron chi connectivity index (χ2n) is 16.3. The van der Waals surface area contributed by atoms with E-state index < -0.39 is 0 Å². The molecule has 1 radical (unpaired) electrons. The first-order valence-corrected chi connectivity index (χ1v) is 20.9. The molecule has 0 aliphatic carbocycles. The van der Waals surface area contributed by atoms with E-state index in [2.05, 4.69) is 165 Å². The number of pyridine rings is 1. The van der Waals surface area contributed by atoms with Crippen LogP contribution in [0.25, 0.3) is 83.6 Å².